The van der Waals surface area contributed by atoms with Crippen LogP contribution in [-0.4, -0.2) is 32.6 Å². The minimum atomic E-state index is -0.744. The molecule has 1 aromatic carbocycles. The lowest BCUT2D eigenvalue weighted by Crippen LogP contribution is -2.40. The lowest BCUT2D eigenvalue weighted by molar-refractivity contribution is -0.129. The molecule has 1 amide bonds. The Morgan fingerprint density at radius 2 is 1.87 bits per heavy atom. The fourth-order valence-electron chi connectivity index (χ4n) is 6.95. The number of aromatic nitrogens is 3. The zero-order valence-corrected chi connectivity index (χ0v) is 26.3. The molecule has 9 heteroatoms. The molecule has 7 rings (SSSR count). The molecule has 1 atom stereocenters. The number of ketones is 1. The van der Waals surface area contributed by atoms with Crippen LogP contribution in [0.3, 0.4) is 0 Å². The predicted molar refractivity (Wildman–Crippen MR) is 172 cm³/mol. The van der Waals surface area contributed by atoms with E-state index in [9.17, 15) is 14.4 Å². The highest BCUT2D eigenvalue weighted by molar-refractivity contribution is 5.94. The molecule has 2 fully saturated rings. The first-order valence-corrected chi connectivity index (χ1v) is 16.8. The van der Waals surface area contributed by atoms with Crippen LogP contribution in [0, 0.1) is 5.92 Å². The number of fused-ring (bicyclic) bond motifs is 3. The van der Waals surface area contributed by atoms with Crippen LogP contribution in [0.2, 0.25) is 0 Å². The Balaban J connectivity index is 1.04. The van der Waals surface area contributed by atoms with Gasteiger partial charge in [0.15, 0.2) is 11.4 Å². The van der Waals surface area contributed by atoms with Gasteiger partial charge in [-0.05, 0) is 87.8 Å². The number of ether oxygens (including phenoxy) is 1. The molecule has 46 heavy (non-hydrogen) atoms. The first-order chi connectivity index (χ1) is 22.4. The van der Waals surface area contributed by atoms with E-state index >= 15 is 0 Å². The van der Waals surface area contributed by atoms with Gasteiger partial charge in [-0.15, -0.1) is 0 Å². The second kappa shape index (κ2) is 12.8. The first kappa shape index (κ1) is 30.3. The SMILES string of the molecule is CCC(=O)CCCCC[C@H](NC(=O)[C@H]1CC[C@]2(CC1)OC(=O)c1cccnc12)c1ncc(-c2ccc3nc(C4CC4)ccc3c2)o1. The number of benzene rings is 1. The van der Waals surface area contributed by atoms with Crippen LogP contribution in [0.4, 0.5) is 0 Å². The molecule has 0 bridgehead atoms. The third kappa shape index (κ3) is 6.19. The molecule has 3 aliphatic rings. The highest BCUT2D eigenvalue weighted by atomic mass is 16.6. The van der Waals surface area contributed by atoms with Gasteiger partial charge in [-0.3, -0.25) is 19.6 Å². The van der Waals surface area contributed by atoms with Crippen LogP contribution in [0.25, 0.3) is 22.2 Å². The van der Waals surface area contributed by atoms with Crippen LogP contribution in [-0.2, 0) is 19.9 Å². The number of Topliss-reactive ketones (excluding diaryl/α,β-unsaturated/α-hetero) is 1. The van der Waals surface area contributed by atoms with Crippen LogP contribution in [0.5, 0.6) is 0 Å². The summed E-state index contributed by atoms with van der Waals surface area (Å²) in [5.41, 5.74) is 3.52. The van der Waals surface area contributed by atoms with E-state index in [2.05, 4.69) is 33.5 Å². The molecule has 1 aliphatic heterocycles. The van der Waals surface area contributed by atoms with Crippen molar-refractivity contribution in [3.05, 3.63) is 77.7 Å². The highest BCUT2D eigenvalue weighted by Gasteiger charge is 2.49. The largest absolute Gasteiger partial charge is 0.449 e. The number of rotatable bonds is 12. The monoisotopic (exact) mass is 620 g/mol. The Hall–Kier alpha value is -4.40. The number of oxazole rings is 1. The molecule has 238 valence electrons. The summed E-state index contributed by atoms with van der Waals surface area (Å²) in [6, 6.07) is 13.5. The fourth-order valence-corrected chi connectivity index (χ4v) is 6.95. The van der Waals surface area contributed by atoms with Gasteiger partial charge >= 0.3 is 5.97 Å². The molecule has 4 heterocycles. The van der Waals surface area contributed by atoms with Gasteiger partial charge in [0.05, 0.1) is 23.0 Å². The molecular formula is C37H40N4O5. The Morgan fingerprint density at radius 3 is 2.67 bits per heavy atom. The third-order valence-electron chi connectivity index (χ3n) is 9.88. The van der Waals surface area contributed by atoms with E-state index in [0.29, 0.717) is 73.8 Å². The molecular weight excluding hydrogens is 580 g/mol. The zero-order valence-electron chi connectivity index (χ0n) is 26.3. The summed E-state index contributed by atoms with van der Waals surface area (Å²) >= 11 is 0. The standard InChI is InChI=1S/C37H40N4O5/c1-2-27(42)7-4-3-5-9-31(41-34(43)24-16-18-37(19-17-24)33-28(36(44)46-37)8-6-20-38-33)35-39-22-32(45-35)26-13-15-30-25(21-26)12-14-29(40-30)23-10-11-23/h6,8,12-15,20-24,31H,2-5,7,9-11,16-19H2,1H3,(H,41,43)/t24-,31-,37+/m0/s1. The number of esters is 1. The van der Waals surface area contributed by atoms with E-state index in [1.54, 1.807) is 24.5 Å². The predicted octanol–water partition coefficient (Wildman–Crippen LogP) is 7.51. The zero-order chi connectivity index (χ0) is 31.7. The quantitative estimate of drug-likeness (QED) is 0.127. The minimum absolute atomic E-state index is 0.0467. The molecule has 0 saturated heterocycles. The van der Waals surface area contributed by atoms with E-state index in [4.69, 9.17) is 14.1 Å². The van der Waals surface area contributed by atoms with E-state index in [1.807, 2.05) is 19.1 Å². The van der Waals surface area contributed by atoms with Crippen LogP contribution in [0.15, 0.2) is 59.3 Å². The smallest absolute Gasteiger partial charge is 0.341 e. The second-order valence-corrected chi connectivity index (χ2v) is 13.1. The Kier molecular flexibility index (Phi) is 8.40. The molecule has 0 radical (unpaired) electrons. The van der Waals surface area contributed by atoms with Crippen molar-refractivity contribution in [2.75, 3.05) is 0 Å². The number of nitrogens with one attached hydrogen (secondary N) is 1. The van der Waals surface area contributed by atoms with E-state index in [0.717, 1.165) is 35.7 Å². The van der Waals surface area contributed by atoms with Gasteiger partial charge in [0.25, 0.3) is 0 Å². The Labute approximate surface area is 268 Å². The maximum atomic E-state index is 13.7. The summed E-state index contributed by atoms with van der Waals surface area (Å²) in [6.07, 6.45) is 12.5. The molecule has 1 N–H and O–H groups in total. The molecule has 9 nitrogen and oxygen atoms in total. The van der Waals surface area contributed by atoms with Crippen molar-refractivity contribution in [1.29, 1.82) is 0 Å². The number of unbranched alkanes of at least 4 members (excludes halogenated alkanes) is 2. The van der Waals surface area contributed by atoms with E-state index in [-0.39, 0.29) is 23.6 Å². The summed E-state index contributed by atoms with van der Waals surface area (Å²) in [6.45, 7) is 1.89. The average Bonchev–Trinajstić information content (AvgIpc) is 3.76. The van der Waals surface area contributed by atoms with Crippen LogP contribution < -0.4 is 5.32 Å². The summed E-state index contributed by atoms with van der Waals surface area (Å²) < 4.78 is 12.2. The summed E-state index contributed by atoms with van der Waals surface area (Å²) in [4.78, 5) is 51.9. The molecule has 4 aromatic rings. The summed E-state index contributed by atoms with van der Waals surface area (Å²) in [7, 11) is 0. The first-order valence-electron chi connectivity index (χ1n) is 16.8. The molecule has 0 unspecified atom stereocenters. The number of carbonyl (C=O) groups is 3. The number of carbonyl (C=O) groups excluding carboxylic acids is 3. The Morgan fingerprint density at radius 1 is 1.02 bits per heavy atom. The molecule has 3 aromatic heterocycles. The van der Waals surface area contributed by atoms with Crippen molar-refractivity contribution in [2.45, 2.75) is 102 Å². The van der Waals surface area contributed by atoms with Gasteiger partial charge in [0, 0.05) is 47.5 Å². The van der Waals surface area contributed by atoms with Gasteiger partial charge in [0.1, 0.15) is 11.8 Å². The van der Waals surface area contributed by atoms with Gasteiger partial charge in [-0.1, -0.05) is 25.8 Å². The maximum Gasteiger partial charge on any atom is 0.341 e. The van der Waals surface area contributed by atoms with Crippen molar-refractivity contribution in [3.63, 3.8) is 0 Å². The third-order valence-corrected chi connectivity index (χ3v) is 9.88. The minimum Gasteiger partial charge on any atom is -0.449 e. The van der Waals surface area contributed by atoms with E-state index in [1.165, 1.54) is 18.5 Å². The summed E-state index contributed by atoms with van der Waals surface area (Å²) in [5, 5.41) is 4.29. The fraction of sp³-hybridized carbons (Fsp3) is 0.459. The van der Waals surface area contributed by atoms with Crippen molar-refractivity contribution in [2.24, 2.45) is 5.92 Å². The van der Waals surface area contributed by atoms with Crippen molar-refractivity contribution in [1.82, 2.24) is 20.3 Å². The second-order valence-electron chi connectivity index (χ2n) is 13.1. The van der Waals surface area contributed by atoms with Crippen molar-refractivity contribution < 1.29 is 23.5 Å². The number of hydrogen-bond donors (Lipinski definition) is 1. The number of hydrogen-bond acceptors (Lipinski definition) is 8. The lowest BCUT2D eigenvalue weighted by atomic mass is 9.76. The van der Waals surface area contributed by atoms with Crippen molar-refractivity contribution >= 4 is 28.6 Å². The Bertz CT molecular complexity index is 1770. The molecule has 1 spiro atoms. The van der Waals surface area contributed by atoms with E-state index < -0.39 is 11.6 Å². The van der Waals surface area contributed by atoms with Gasteiger partial charge < -0.3 is 14.5 Å². The van der Waals surface area contributed by atoms with Crippen molar-refractivity contribution in [3.8, 4) is 11.3 Å². The number of pyridine rings is 2. The molecule has 2 saturated carbocycles. The highest BCUT2D eigenvalue weighted by Crippen LogP contribution is 2.47. The van der Waals surface area contributed by atoms with Crippen LogP contribution >= 0.6 is 0 Å². The van der Waals surface area contributed by atoms with Gasteiger partial charge in [-0.25, -0.2) is 9.78 Å². The lowest BCUT2D eigenvalue weighted by Gasteiger charge is -2.35. The van der Waals surface area contributed by atoms with Gasteiger partial charge in [0.2, 0.25) is 11.8 Å². The number of amides is 1. The van der Waals surface area contributed by atoms with Crippen LogP contribution in [0.1, 0.15) is 124 Å². The average molecular weight is 621 g/mol. The topological polar surface area (TPSA) is 124 Å². The summed E-state index contributed by atoms with van der Waals surface area (Å²) in [5.74, 6) is 1.40. The van der Waals surface area contributed by atoms with Gasteiger partial charge in [-0.2, -0.15) is 0 Å². The number of nitrogens with zero attached hydrogens (tertiary/aromatic N) is 3. The molecule has 2 aliphatic carbocycles. The normalized spacial score (nSPS) is 21.2. The maximum absolute atomic E-state index is 13.7.